The normalized spacial score (nSPS) is 10.9. The van der Waals surface area contributed by atoms with E-state index in [1.165, 1.54) is 0 Å². The molecular formula is C15H24BrN3O2. The number of primary amides is 1. The number of nitrogens with one attached hydrogen (secondary N) is 1. The topological polar surface area (TPSA) is 67.6 Å². The lowest BCUT2D eigenvalue weighted by atomic mass is 10.1. The Labute approximate surface area is 135 Å². The van der Waals surface area contributed by atoms with Crippen molar-refractivity contribution in [3.8, 4) is 0 Å². The molecule has 0 unspecified atom stereocenters. The van der Waals surface area contributed by atoms with E-state index in [9.17, 15) is 4.79 Å². The minimum atomic E-state index is -0.329. The standard InChI is InChI=1S/C15H24BrN3O2/c1-11(2)19(10-15(17)20)13-5-4-12(14(16)8-13)9-18-6-7-21-3/h4-5,8,11,18H,6-7,9-10H2,1-3H3,(H2,17,20). The summed E-state index contributed by atoms with van der Waals surface area (Å²) in [5.41, 5.74) is 7.46. The summed E-state index contributed by atoms with van der Waals surface area (Å²) in [6.45, 7) is 6.56. The van der Waals surface area contributed by atoms with E-state index in [1.54, 1.807) is 7.11 Å². The minimum absolute atomic E-state index is 0.204. The number of benzene rings is 1. The molecule has 0 atom stereocenters. The molecule has 1 aromatic rings. The van der Waals surface area contributed by atoms with Crippen molar-refractivity contribution in [3.05, 3.63) is 28.2 Å². The van der Waals surface area contributed by atoms with Crippen LogP contribution in [0.25, 0.3) is 0 Å². The lowest BCUT2D eigenvalue weighted by molar-refractivity contribution is -0.116. The molecule has 3 N–H and O–H groups in total. The molecule has 0 fully saturated rings. The molecule has 21 heavy (non-hydrogen) atoms. The third-order valence-corrected chi connectivity index (χ3v) is 3.85. The highest BCUT2D eigenvalue weighted by atomic mass is 79.9. The van der Waals surface area contributed by atoms with Gasteiger partial charge in [0.25, 0.3) is 0 Å². The van der Waals surface area contributed by atoms with Gasteiger partial charge < -0.3 is 20.7 Å². The third kappa shape index (κ3) is 6.03. The molecule has 0 bridgehead atoms. The molecule has 118 valence electrons. The van der Waals surface area contributed by atoms with Gasteiger partial charge in [0.1, 0.15) is 0 Å². The Morgan fingerprint density at radius 1 is 1.48 bits per heavy atom. The predicted molar refractivity (Wildman–Crippen MR) is 89.4 cm³/mol. The number of nitrogens with two attached hydrogens (primary N) is 1. The zero-order chi connectivity index (χ0) is 15.8. The summed E-state index contributed by atoms with van der Waals surface area (Å²) in [5, 5.41) is 3.30. The van der Waals surface area contributed by atoms with Gasteiger partial charge >= 0.3 is 0 Å². The molecule has 0 saturated carbocycles. The van der Waals surface area contributed by atoms with Crippen molar-refractivity contribution in [2.45, 2.75) is 26.4 Å². The van der Waals surface area contributed by atoms with Crippen molar-refractivity contribution in [3.63, 3.8) is 0 Å². The van der Waals surface area contributed by atoms with Gasteiger partial charge in [-0.25, -0.2) is 0 Å². The fraction of sp³-hybridized carbons (Fsp3) is 0.533. The van der Waals surface area contributed by atoms with E-state index in [4.69, 9.17) is 10.5 Å². The van der Waals surface area contributed by atoms with Crippen molar-refractivity contribution in [1.29, 1.82) is 0 Å². The molecule has 0 aliphatic rings. The lowest BCUT2D eigenvalue weighted by Gasteiger charge is -2.28. The van der Waals surface area contributed by atoms with Crippen molar-refractivity contribution in [2.24, 2.45) is 5.73 Å². The summed E-state index contributed by atoms with van der Waals surface area (Å²) < 4.78 is 6.01. The fourth-order valence-electron chi connectivity index (χ4n) is 2.00. The number of anilines is 1. The molecule has 0 spiro atoms. The van der Waals surface area contributed by atoms with Crippen molar-refractivity contribution in [1.82, 2.24) is 5.32 Å². The van der Waals surface area contributed by atoms with Gasteiger partial charge in [-0.2, -0.15) is 0 Å². The average molecular weight is 358 g/mol. The van der Waals surface area contributed by atoms with Crippen molar-refractivity contribution in [2.75, 3.05) is 31.7 Å². The molecule has 1 rings (SSSR count). The van der Waals surface area contributed by atoms with Crippen LogP contribution in [0.4, 0.5) is 5.69 Å². The van der Waals surface area contributed by atoms with Gasteiger partial charge in [0, 0.05) is 36.4 Å². The number of nitrogens with zero attached hydrogens (tertiary/aromatic N) is 1. The second kappa shape index (κ2) is 9.02. The molecule has 0 heterocycles. The Bertz CT molecular complexity index is 466. The van der Waals surface area contributed by atoms with E-state index in [1.807, 2.05) is 30.9 Å². The summed E-state index contributed by atoms with van der Waals surface area (Å²) in [6, 6.07) is 6.29. The van der Waals surface area contributed by atoms with Crippen LogP contribution in [0.15, 0.2) is 22.7 Å². The van der Waals surface area contributed by atoms with Crippen LogP contribution in [-0.2, 0) is 16.1 Å². The molecule has 0 aliphatic heterocycles. The van der Waals surface area contributed by atoms with Crippen LogP contribution in [-0.4, -0.2) is 38.8 Å². The number of carbonyl (C=O) groups excluding carboxylic acids is 1. The Morgan fingerprint density at radius 3 is 2.71 bits per heavy atom. The van der Waals surface area contributed by atoms with Crippen LogP contribution < -0.4 is 16.0 Å². The van der Waals surface area contributed by atoms with Crippen LogP contribution in [0.1, 0.15) is 19.4 Å². The van der Waals surface area contributed by atoms with Crippen LogP contribution in [0.3, 0.4) is 0 Å². The molecule has 0 aromatic heterocycles. The summed E-state index contributed by atoms with van der Waals surface area (Å²) in [4.78, 5) is 13.2. The van der Waals surface area contributed by atoms with Crippen molar-refractivity contribution >= 4 is 27.5 Å². The number of rotatable bonds is 9. The average Bonchev–Trinajstić information content (AvgIpc) is 2.42. The largest absolute Gasteiger partial charge is 0.383 e. The zero-order valence-electron chi connectivity index (χ0n) is 12.9. The summed E-state index contributed by atoms with van der Waals surface area (Å²) in [7, 11) is 1.69. The minimum Gasteiger partial charge on any atom is -0.383 e. The second-order valence-electron chi connectivity index (χ2n) is 5.13. The van der Waals surface area contributed by atoms with Crippen LogP contribution in [0.5, 0.6) is 0 Å². The van der Waals surface area contributed by atoms with Crippen molar-refractivity contribution < 1.29 is 9.53 Å². The van der Waals surface area contributed by atoms with Crippen LogP contribution in [0, 0.1) is 0 Å². The van der Waals surface area contributed by atoms with Gasteiger partial charge in [0.05, 0.1) is 13.2 Å². The summed E-state index contributed by atoms with van der Waals surface area (Å²) >= 11 is 3.59. The van der Waals surface area contributed by atoms with Gasteiger partial charge in [-0.15, -0.1) is 0 Å². The van der Waals surface area contributed by atoms with E-state index >= 15 is 0 Å². The Hall–Kier alpha value is -1.11. The van der Waals surface area contributed by atoms with Crippen LogP contribution >= 0.6 is 15.9 Å². The van der Waals surface area contributed by atoms with E-state index < -0.39 is 0 Å². The highest BCUT2D eigenvalue weighted by Gasteiger charge is 2.14. The first-order chi connectivity index (χ1) is 9.95. The predicted octanol–water partition coefficient (Wildman–Crippen LogP) is 1.89. The molecule has 0 aliphatic carbocycles. The summed E-state index contributed by atoms with van der Waals surface area (Å²) in [6.07, 6.45) is 0. The first-order valence-electron chi connectivity index (χ1n) is 6.98. The lowest BCUT2D eigenvalue weighted by Crippen LogP contribution is -2.38. The monoisotopic (exact) mass is 357 g/mol. The maximum absolute atomic E-state index is 11.2. The van der Waals surface area contributed by atoms with E-state index in [2.05, 4.69) is 27.3 Å². The van der Waals surface area contributed by atoms with Gasteiger partial charge in [0.15, 0.2) is 0 Å². The molecule has 0 radical (unpaired) electrons. The van der Waals surface area contributed by atoms with Gasteiger partial charge in [-0.3, -0.25) is 4.79 Å². The molecule has 6 heteroatoms. The molecule has 0 saturated heterocycles. The van der Waals surface area contributed by atoms with E-state index in [0.717, 1.165) is 28.8 Å². The number of hydrogen-bond acceptors (Lipinski definition) is 4. The first kappa shape index (κ1) is 17.9. The van der Waals surface area contributed by atoms with Crippen LogP contribution in [0.2, 0.25) is 0 Å². The highest BCUT2D eigenvalue weighted by molar-refractivity contribution is 9.10. The smallest absolute Gasteiger partial charge is 0.236 e. The number of hydrogen-bond donors (Lipinski definition) is 2. The fourth-order valence-corrected chi connectivity index (χ4v) is 2.50. The first-order valence-corrected chi connectivity index (χ1v) is 7.78. The Morgan fingerprint density at radius 2 is 2.19 bits per heavy atom. The Balaban J connectivity index is 2.77. The third-order valence-electron chi connectivity index (χ3n) is 3.12. The SMILES string of the molecule is COCCNCc1ccc(N(CC(N)=O)C(C)C)cc1Br. The molecule has 5 nitrogen and oxygen atoms in total. The number of amides is 1. The number of carbonyl (C=O) groups is 1. The number of ether oxygens (including phenoxy) is 1. The van der Waals surface area contributed by atoms with E-state index in [-0.39, 0.29) is 18.5 Å². The number of methoxy groups -OCH3 is 1. The maximum Gasteiger partial charge on any atom is 0.236 e. The van der Waals surface area contributed by atoms with Gasteiger partial charge in [-0.1, -0.05) is 22.0 Å². The summed E-state index contributed by atoms with van der Waals surface area (Å²) in [5.74, 6) is -0.329. The zero-order valence-corrected chi connectivity index (χ0v) is 14.4. The van der Waals surface area contributed by atoms with Gasteiger partial charge in [-0.05, 0) is 31.5 Å². The van der Waals surface area contributed by atoms with Gasteiger partial charge in [0.2, 0.25) is 5.91 Å². The maximum atomic E-state index is 11.2. The molecule has 1 aromatic carbocycles. The highest BCUT2D eigenvalue weighted by Crippen LogP contribution is 2.25. The number of halogens is 1. The molecule has 1 amide bonds. The Kier molecular flexibility index (Phi) is 7.71. The van der Waals surface area contributed by atoms with E-state index in [0.29, 0.717) is 6.61 Å². The molecular weight excluding hydrogens is 334 g/mol. The quantitative estimate of drug-likeness (QED) is 0.662. The second-order valence-corrected chi connectivity index (χ2v) is 5.99.